The Kier molecular flexibility index (Phi) is 2.50. The highest BCUT2D eigenvalue weighted by Gasteiger charge is 2.44. The second-order valence-electron chi connectivity index (χ2n) is 5.90. The summed E-state index contributed by atoms with van der Waals surface area (Å²) in [5, 5.41) is 0. The second kappa shape index (κ2) is 4.24. The van der Waals surface area contributed by atoms with Gasteiger partial charge >= 0.3 is 0 Å². The maximum absolute atomic E-state index is 6.13. The van der Waals surface area contributed by atoms with Crippen LogP contribution in [0.25, 0.3) is 5.57 Å². The van der Waals surface area contributed by atoms with Gasteiger partial charge in [0.1, 0.15) is 5.76 Å². The average Bonchev–Trinajstić information content (AvgIpc) is 2.77. The van der Waals surface area contributed by atoms with Crippen molar-refractivity contribution in [1.82, 2.24) is 0 Å². The van der Waals surface area contributed by atoms with Crippen LogP contribution in [0.3, 0.4) is 0 Å². The van der Waals surface area contributed by atoms with E-state index in [1.165, 1.54) is 34.4 Å². The molecule has 0 radical (unpaired) electrons. The fourth-order valence-corrected chi connectivity index (χ4v) is 3.67. The highest BCUT2D eigenvalue weighted by molar-refractivity contribution is 5.88. The van der Waals surface area contributed by atoms with Crippen LogP contribution in [0.4, 0.5) is 0 Å². The van der Waals surface area contributed by atoms with Crippen LogP contribution >= 0.6 is 0 Å². The van der Waals surface area contributed by atoms with Crippen molar-refractivity contribution < 1.29 is 4.74 Å². The number of ether oxygens (including phenoxy) is 1. The van der Waals surface area contributed by atoms with Gasteiger partial charge in [-0.1, -0.05) is 54.6 Å². The van der Waals surface area contributed by atoms with Crippen molar-refractivity contribution in [1.29, 1.82) is 0 Å². The Morgan fingerprint density at radius 2 is 1.70 bits per heavy atom. The molecule has 0 bridgehead atoms. The minimum atomic E-state index is 0.0556. The van der Waals surface area contributed by atoms with Gasteiger partial charge in [0.25, 0.3) is 0 Å². The summed E-state index contributed by atoms with van der Waals surface area (Å²) in [6.45, 7) is 3.17. The van der Waals surface area contributed by atoms with Crippen LogP contribution in [0.5, 0.6) is 0 Å². The lowest BCUT2D eigenvalue weighted by molar-refractivity contribution is 0.121. The summed E-state index contributed by atoms with van der Waals surface area (Å²) >= 11 is 0. The van der Waals surface area contributed by atoms with Gasteiger partial charge in [-0.2, -0.15) is 0 Å². The number of hydrogen-bond donors (Lipinski definition) is 0. The third-order valence-corrected chi connectivity index (χ3v) is 4.65. The molecule has 1 aliphatic carbocycles. The zero-order chi connectivity index (χ0) is 13.6. The van der Waals surface area contributed by atoms with E-state index in [1.807, 2.05) is 0 Å². The second-order valence-corrected chi connectivity index (χ2v) is 5.90. The van der Waals surface area contributed by atoms with Gasteiger partial charge < -0.3 is 4.74 Å². The summed E-state index contributed by atoms with van der Waals surface area (Å²) in [4.78, 5) is 0. The average molecular weight is 262 g/mol. The number of allylic oxidation sites excluding steroid dienone is 1. The normalized spacial score (nSPS) is 24.1. The molecule has 1 nitrogen and oxygen atoms in total. The molecule has 1 atom stereocenters. The predicted molar refractivity (Wildman–Crippen MR) is 81.4 cm³/mol. The first-order valence-corrected chi connectivity index (χ1v) is 7.33. The highest BCUT2D eigenvalue weighted by atomic mass is 16.5. The Balaban J connectivity index is 2.01. The lowest BCUT2D eigenvalue weighted by Gasteiger charge is -2.33. The Hall–Kier alpha value is -2.02. The molecule has 1 aliphatic heterocycles. The largest absolute Gasteiger partial charge is 0.496 e. The molecule has 1 heteroatoms. The van der Waals surface area contributed by atoms with E-state index in [0.717, 1.165) is 13.0 Å². The van der Waals surface area contributed by atoms with Crippen molar-refractivity contribution in [2.75, 3.05) is 6.61 Å². The molecule has 20 heavy (non-hydrogen) atoms. The zero-order valence-corrected chi connectivity index (χ0v) is 11.7. The van der Waals surface area contributed by atoms with E-state index < -0.39 is 0 Å². The Labute approximate surface area is 119 Å². The van der Waals surface area contributed by atoms with Crippen LogP contribution in [0.2, 0.25) is 0 Å². The summed E-state index contributed by atoms with van der Waals surface area (Å²) in [7, 11) is 0. The number of rotatable bonds is 1. The first-order chi connectivity index (χ1) is 9.81. The van der Waals surface area contributed by atoms with Crippen molar-refractivity contribution in [2.45, 2.75) is 25.2 Å². The van der Waals surface area contributed by atoms with E-state index in [4.69, 9.17) is 4.74 Å². The van der Waals surface area contributed by atoms with Crippen LogP contribution in [-0.4, -0.2) is 6.61 Å². The summed E-state index contributed by atoms with van der Waals surface area (Å²) in [6, 6.07) is 19.4. The molecule has 0 amide bonds. The van der Waals surface area contributed by atoms with E-state index in [-0.39, 0.29) is 5.41 Å². The topological polar surface area (TPSA) is 9.23 Å². The van der Waals surface area contributed by atoms with E-state index in [2.05, 4.69) is 61.5 Å². The molecule has 2 aromatic carbocycles. The summed E-state index contributed by atoms with van der Waals surface area (Å²) in [5.41, 5.74) is 5.38. The Morgan fingerprint density at radius 1 is 0.950 bits per heavy atom. The Morgan fingerprint density at radius 3 is 2.55 bits per heavy atom. The Bertz CT molecular complexity index is 684. The van der Waals surface area contributed by atoms with Gasteiger partial charge in [0.2, 0.25) is 0 Å². The number of fused-ring (bicyclic) bond motifs is 3. The summed E-state index contributed by atoms with van der Waals surface area (Å²) in [6.07, 6.45) is 2.31. The molecule has 100 valence electrons. The first-order valence-electron chi connectivity index (χ1n) is 7.33. The first kappa shape index (κ1) is 11.8. The minimum Gasteiger partial charge on any atom is -0.496 e. The maximum atomic E-state index is 6.13. The zero-order valence-electron chi connectivity index (χ0n) is 11.7. The predicted octanol–water partition coefficient (Wildman–Crippen LogP) is 4.53. The molecule has 1 fully saturated rings. The van der Waals surface area contributed by atoms with Crippen molar-refractivity contribution in [2.24, 2.45) is 0 Å². The van der Waals surface area contributed by atoms with Crippen molar-refractivity contribution in [3.05, 3.63) is 77.0 Å². The lowest BCUT2D eigenvalue weighted by Crippen LogP contribution is -2.28. The minimum absolute atomic E-state index is 0.0556. The summed E-state index contributed by atoms with van der Waals surface area (Å²) in [5.74, 6) is 1.18. The van der Waals surface area contributed by atoms with Crippen LogP contribution in [0.1, 0.15) is 36.5 Å². The van der Waals surface area contributed by atoms with Crippen LogP contribution in [-0.2, 0) is 10.2 Å². The van der Waals surface area contributed by atoms with E-state index in [1.54, 1.807) is 0 Å². The molecular formula is C19H18O. The highest BCUT2D eigenvalue weighted by Crippen LogP contribution is 2.52. The molecule has 0 N–H and O–H groups in total. The van der Waals surface area contributed by atoms with Crippen molar-refractivity contribution in [3.63, 3.8) is 0 Å². The smallest absolute Gasteiger partial charge is 0.115 e. The molecule has 1 unspecified atom stereocenters. The molecule has 0 spiro atoms. The van der Waals surface area contributed by atoms with Crippen molar-refractivity contribution >= 4 is 5.57 Å². The van der Waals surface area contributed by atoms with Gasteiger partial charge in [0, 0.05) is 5.57 Å². The third kappa shape index (κ3) is 1.49. The lowest BCUT2D eigenvalue weighted by atomic mass is 9.78. The van der Waals surface area contributed by atoms with Crippen LogP contribution in [0, 0.1) is 0 Å². The van der Waals surface area contributed by atoms with Crippen LogP contribution < -0.4 is 0 Å². The van der Waals surface area contributed by atoms with Gasteiger partial charge in [-0.3, -0.25) is 0 Å². The van der Waals surface area contributed by atoms with Crippen molar-refractivity contribution in [3.8, 4) is 0 Å². The maximum Gasteiger partial charge on any atom is 0.115 e. The number of benzene rings is 2. The van der Waals surface area contributed by atoms with Crippen LogP contribution in [0.15, 0.2) is 60.4 Å². The molecule has 4 rings (SSSR count). The van der Waals surface area contributed by atoms with E-state index in [0.29, 0.717) is 0 Å². The molecule has 2 aromatic rings. The fraction of sp³-hybridized carbons (Fsp3) is 0.263. The fourth-order valence-electron chi connectivity index (χ4n) is 3.67. The van der Waals surface area contributed by atoms with Gasteiger partial charge in [0.05, 0.1) is 12.0 Å². The van der Waals surface area contributed by atoms with Gasteiger partial charge in [-0.25, -0.2) is 0 Å². The summed E-state index contributed by atoms with van der Waals surface area (Å²) < 4.78 is 6.13. The molecule has 0 aromatic heterocycles. The van der Waals surface area contributed by atoms with E-state index >= 15 is 0 Å². The monoisotopic (exact) mass is 262 g/mol. The standard InChI is InChI=1S/C19H18O/c1-19-12-7-13-20-18(19)17(14-8-3-2-4-9-14)15-10-5-6-11-16(15)19/h2-6,8-11H,7,12-13H2,1H3. The SMILES string of the molecule is CC12CCCOC1=C(c1ccccc1)c1ccccc12. The quantitative estimate of drug-likeness (QED) is 0.733. The third-order valence-electron chi connectivity index (χ3n) is 4.65. The molecule has 0 saturated carbocycles. The number of hydrogen-bond acceptors (Lipinski definition) is 1. The molecule has 1 saturated heterocycles. The molecular weight excluding hydrogens is 244 g/mol. The van der Waals surface area contributed by atoms with Gasteiger partial charge in [0.15, 0.2) is 0 Å². The van der Waals surface area contributed by atoms with Gasteiger partial charge in [-0.15, -0.1) is 0 Å². The molecule has 1 heterocycles. The molecule has 2 aliphatic rings. The van der Waals surface area contributed by atoms with E-state index in [9.17, 15) is 0 Å². The van der Waals surface area contributed by atoms with Gasteiger partial charge in [-0.05, 0) is 36.5 Å².